The van der Waals surface area contributed by atoms with Crippen LogP contribution in [0.4, 0.5) is 5.69 Å². The number of carbonyl (C=O) groups excluding carboxylic acids is 2. The number of ketones is 1. The number of anilines is 1. The molecule has 31 heavy (non-hydrogen) atoms. The van der Waals surface area contributed by atoms with Crippen molar-refractivity contribution < 1.29 is 9.59 Å². The Morgan fingerprint density at radius 3 is 2.06 bits per heavy atom. The first-order valence-electron chi connectivity index (χ1n) is 11.3. The van der Waals surface area contributed by atoms with Gasteiger partial charge in [-0.3, -0.25) is 14.5 Å². The molecule has 1 amide bonds. The standard InChI is InChI=1S/C26H35N3O2/c1-19(2)17-22-5-7-23(8-6-22)20(3)27-26(31)18-28-13-15-29(16-14-28)25-11-9-24(10-12-25)21(4)30/h5-12,19-20H,13-18H2,1-4H3,(H,27,31)/t20-/m0/s1. The second-order valence-corrected chi connectivity index (χ2v) is 9.00. The lowest BCUT2D eigenvalue weighted by Crippen LogP contribution is -2.49. The van der Waals surface area contributed by atoms with Gasteiger partial charge in [-0.2, -0.15) is 0 Å². The van der Waals surface area contributed by atoms with Gasteiger partial charge in [-0.25, -0.2) is 0 Å². The number of amides is 1. The van der Waals surface area contributed by atoms with Crippen LogP contribution in [0.15, 0.2) is 48.5 Å². The summed E-state index contributed by atoms with van der Waals surface area (Å²) in [6.07, 6.45) is 1.08. The number of nitrogens with zero attached hydrogens (tertiary/aromatic N) is 2. The number of hydrogen-bond donors (Lipinski definition) is 1. The second-order valence-electron chi connectivity index (χ2n) is 9.00. The molecule has 1 aliphatic heterocycles. The molecule has 0 spiro atoms. The highest BCUT2D eigenvalue weighted by atomic mass is 16.2. The zero-order valence-electron chi connectivity index (χ0n) is 19.2. The first-order valence-corrected chi connectivity index (χ1v) is 11.3. The highest BCUT2D eigenvalue weighted by molar-refractivity contribution is 5.94. The van der Waals surface area contributed by atoms with E-state index in [1.165, 1.54) is 5.56 Å². The molecule has 0 aliphatic carbocycles. The monoisotopic (exact) mass is 421 g/mol. The van der Waals surface area contributed by atoms with E-state index in [0.717, 1.165) is 49.4 Å². The van der Waals surface area contributed by atoms with Gasteiger partial charge in [0.2, 0.25) is 5.91 Å². The Balaban J connectivity index is 1.44. The molecule has 0 radical (unpaired) electrons. The summed E-state index contributed by atoms with van der Waals surface area (Å²) in [6, 6.07) is 16.4. The largest absolute Gasteiger partial charge is 0.369 e. The average molecular weight is 422 g/mol. The van der Waals surface area contributed by atoms with Crippen molar-refractivity contribution in [1.29, 1.82) is 0 Å². The second kappa shape index (κ2) is 10.6. The minimum absolute atomic E-state index is 0.00156. The first-order chi connectivity index (χ1) is 14.8. The molecule has 5 nitrogen and oxygen atoms in total. The van der Waals surface area contributed by atoms with Gasteiger partial charge in [0.1, 0.15) is 0 Å². The summed E-state index contributed by atoms with van der Waals surface area (Å²) in [5.74, 6) is 0.796. The minimum atomic E-state index is 0.00156. The van der Waals surface area contributed by atoms with Gasteiger partial charge in [0.05, 0.1) is 12.6 Å². The molecular formula is C26H35N3O2. The Morgan fingerprint density at radius 1 is 0.903 bits per heavy atom. The van der Waals surface area contributed by atoms with Gasteiger partial charge >= 0.3 is 0 Å². The average Bonchev–Trinajstić information content (AvgIpc) is 2.74. The maximum absolute atomic E-state index is 12.6. The summed E-state index contributed by atoms with van der Waals surface area (Å²) in [6.45, 7) is 11.9. The molecule has 166 valence electrons. The van der Waals surface area contributed by atoms with E-state index in [9.17, 15) is 9.59 Å². The van der Waals surface area contributed by atoms with Crippen LogP contribution < -0.4 is 10.2 Å². The van der Waals surface area contributed by atoms with Crippen molar-refractivity contribution in [3.05, 3.63) is 65.2 Å². The zero-order chi connectivity index (χ0) is 22.4. The van der Waals surface area contributed by atoms with Crippen LogP contribution in [0.25, 0.3) is 0 Å². The van der Waals surface area contributed by atoms with Gasteiger partial charge in [-0.15, -0.1) is 0 Å². The molecule has 2 aromatic rings. The number of carbonyl (C=O) groups is 2. The molecule has 2 aromatic carbocycles. The fourth-order valence-electron chi connectivity index (χ4n) is 4.06. The smallest absolute Gasteiger partial charge is 0.234 e. The normalized spacial score (nSPS) is 15.7. The topological polar surface area (TPSA) is 52.7 Å². The third-order valence-electron chi connectivity index (χ3n) is 5.88. The Bertz CT molecular complexity index is 867. The zero-order valence-corrected chi connectivity index (χ0v) is 19.2. The summed E-state index contributed by atoms with van der Waals surface area (Å²) in [5.41, 5.74) is 4.34. The first kappa shape index (κ1) is 23.0. The van der Waals surface area contributed by atoms with Crippen molar-refractivity contribution in [2.45, 2.75) is 40.2 Å². The molecule has 0 saturated carbocycles. The van der Waals surface area contributed by atoms with Crippen molar-refractivity contribution in [3.8, 4) is 0 Å². The number of Topliss-reactive ketones (excluding diaryl/α,β-unsaturated/α-hetero) is 1. The third kappa shape index (κ3) is 6.66. The van der Waals surface area contributed by atoms with Crippen LogP contribution in [0.5, 0.6) is 0 Å². The van der Waals surface area contributed by atoms with Crippen LogP contribution in [0.2, 0.25) is 0 Å². The quantitative estimate of drug-likeness (QED) is 0.653. The molecular weight excluding hydrogens is 386 g/mol. The van der Waals surface area contributed by atoms with Crippen LogP contribution in [-0.2, 0) is 11.2 Å². The molecule has 0 bridgehead atoms. The molecule has 0 aromatic heterocycles. The van der Waals surface area contributed by atoms with Crippen LogP contribution in [-0.4, -0.2) is 49.3 Å². The number of nitrogens with one attached hydrogen (secondary N) is 1. The Labute approximate surface area is 186 Å². The van der Waals surface area contributed by atoms with Gasteiger partial charge in [0, 0.05) is 37.4 Å². The maximum atomic E-state index is 12.6. The van der Waals surface area contributed by atoms with E-state index in [2.05, 4.69) is 53.2 Å². The maximum Gasteiger partial charge on any atom is 0.234 e. The Hall–Kier alpha value is -2.66. The highest BCUT2D eigenvalue weighted by Gasteiger charge is 2.20. The molecule has 1 saturated heterocycles. The fourth-order valence-corrected chi connectivity index (χ4v) is 4.06. The van der Waals surface area contributed by atoms with E-state index in [-0.39, 0.29) is 17.7 Å². The SMILES string of the molecule is CC(=O)c1ccc(N2CCN(CC(=O)N[C@@H](C)c3ccc(CC(C)C)cc3)CC2)cc1. The minimum Gasteiger partial charge on any atom is -0.369 e. The molecule has 1 N–H and O–H groups in total. The highest BCUT2D eigenvalue weighted by Crippen LogP contribution is 2.18. The molecule has 3 rings (SSSR count). The Kier molecular flexibility index (Phi) is 7.85. The van der Waals surface area contributed by atoms with Gasteiger partial charge in [-0.05, 0) is 61.6 Å². The fraction of sp³-hybridized carbons (Fsp3) is 0.462. The van der Waals surface area contributed by atoms with Crippen LogP contribution >= 0.6 is 0 Å². The predicted octanol–water partition coefficient (Wildman–Crippen LogP) is 4.09. The summed E-state index contributed by atoms with van der Waals surface area (Å²) in [4.78, 5) is 28.5. The van der Waals surface area contributed by atoms with Crippen molar-refractivity contribution in [2.24, 2.45) is 5.92 Å². The van der Waals surface area contributed by atoms with E-state index in [0.29, 0.717) is 12.5 Å². The van der Waals surface area contributed by atoms with E-state index in [4.69, 9.17) is 0 Å². The number of piperazine rings is 1. The molecule has 1 heterocycles. The molecule has 0 unspecified atom stereocenters. The molecule has 1 fully saturated rings. The van der Waals surface area contributed by atoms with E-state index in [1.807, 2.05) is 31.2 Å². The summed E-state index contributed by atoms with van der Waals surface area (Å²) >= 11 is 0. The predicted molar refractivity (Wildman–Crippen MR) is 127 cm³/mol. The van der Waals surface area contributed by atoms with Crippen LogP contribution in [0.3, 0.4) is 0 Å². The number of rotatable bonds is 8. The molecule has 5 heteroatoms. The van der Waals surface area contributed by atoms with Gasteiger partial charge in [0.25, 0.3) is 0 Å². The van der Waals surface area contributed by atoms with Crippen LogP contribution in [0.1, 0.15) is 55.2 Å². The van der Waals surface area contributed by atoms with Crippen molar-refractivity contribution in [2.75, 3.05) is 37.6 Å². The summed E-state index contributed by atoms with van der Waals surface area (Å²) in [7, 11) is 0. The lowest BCUT2D eigenvalue weighted by atomic mass is 10.00. The molecule has 1 atom stereocenters. The Morgan fingerprint density at radius 2 is 1.52 bits per heavy atom. The van der Waals surface area contributed by atoms with Crippen molar-refractivity contribution in [1.82, 2.24) is 10.2 Å². The van der Waals surface area contributed by atoms with Crippen molar-refractivity contribution >= 4 is 17.4 Å². The lowest BCUT2D eigenvalue weighted by Gasteiger charge is -2.36. The summed E-state index contributed by atoms with van der Waals surface area (Å²) < 4.78 is 0. The van der Waals surface area contributed by atoms with E-state index < -0.39 is 0 Å². The third-order valence-corrected chi connectivity index (χ3v) is 5.88. The van der Waals surface area contributed by atoms with Crippen molar-refractivity contribution in [3.63, 3.8) is 0 Å². The van der Waals surface area contributed by atoms with Crippen LogP contribution in [0, 0.1) is 5.92 Å². The van der Waals surface area contributed by atoms with Gasteiger partial charge in [0.15, 0.2) is 5.78 Å². The van der Waals surface area contributed by atoms with Gasteiger partial charge in [-0.1, -0.05) is 38.1 Å². The van der Waals surface area contributed by atoms with Gasteiger partial charge < -0.3 is 10.2 Å². The van der Waals surface area contributed by atoms with E-state index in [1.54, 1.807) is 6.92 Å². The van der Waals surface area contributed by atoms with E-state index >= 15 is 0 Å². The summed E-state index contributed by atoms with van der Waals surface area (Å²) in [5, 5.41) is 3.14. The number of benzene rings is 2. The lowest BCUT2D eigenvalue weighted by molar-refractivity contribution is -0.123. The number of hydrogen-bond acceptors (Lipinski definition) is 4. The molecule has 1 aliphatic rings.